The van der Waals surface area contributed by atoms with E-state index in [9.17, 15) is 9.59 Å². The predicted molar refractivity (Wildman–Crippen MR) is 98.0 cm³/mol. The van der Waals surface area contributed by atoms with Gasteiger partial charge in [-0.3, -0.25) is 9.59 Å². The molecule has 134 valence electrons. The Morgan fingerprint density at radius 1 is 1.16 bits per heavy atom. The monoisotopic (exact) mass is 342 g/mol. The number of hydrogen-bond acceptors (Lipinski definition) is 4. The minimum absolute atomic E-state index is 0.0789. The number of carbonyl (C=O) groups excluding carboxylic acids is 2. The van der Waals surface area contributed by atoms with Crippen LogP contribution < -0.4 is 21.3 Å². The van der Waals surface area contributed by atoms with E-state index < -0.39 is 0 Å². The molecule has 0 unspecified atom stereocenters. The third-order valence-electron chi connectivity index (χ3n) is 5.91. The van der Waals surface area contributed by atoms with Gasteiger partial charge in [-0.05, 0) is 68.3 Å². The molecule has 0 aliphatic carbocycles. The number of anilines is 2. The van der Waals surface area contributed by atoms with Gasteiger partial charge in [0.15, 0.2) is 0 Å². The van der Waals surface area contributed by atoms with Crippen LogP contribution in [0.2, 0.25) is 0 Å². The van der Waals surface area contributed by atoms with Crippen molar-refractivity contribution in [2.75, 3.05) is 36.4 Å². The normalized spacial score (nSPS) is 24.1. The molecule has 1 atom stereocenters. The Hall–Kier alpha value is -2.08. The number of hydrogen-bond donors (Lipinski definition) is 3. The van der Waals surface area contributed by atoms with Crippen molar-refractivity contribution >= 4 is 23.2 Å². The van der Waals surface area contributed by atoms with Crippen molar-refractivity contribution in [1.82, 2.24) is 5.32 Å². The molecule has 0 spiro atoms. The second kappa shape index (κ2) is 6.67. The number of nitrogens with zero attached hydrogens (tertiary/aromatic N) is 1. The molecule has 0 saturated carbocycles. The highest BCUT2D eigenvalue weighted by Gasteiger charge is 2.34. The fourth-order valence-corrected chi connectivity index (χ4v) is 4.62. The third-order valence-corrected chi connectivity index (χ3v) is 5.91. The maximum absolute atomic E-state index is 12.3. The van der Waals surface area contributed by atoms with E-state index in [1.54, 1.807) is 0 Å². The van der Waals surface area contributed by atoms with Gasteiger partial charge in [0.1, 0.15) is 0 Å². The van der Waals surface area contributed by atoms with Crippen LogP contribution in [0.1, 0.15) is 53.9 Å². The van der Waals surface area contributed by atoms with E-state index >= 15 is 0 Å². The predicted octanol–water partition coefficient (Wildman–Crippen LogP) is 1.81. The van der Waals surface area contributed by atoms with Crippen LogP contribution in [-0.4, -0.2) is 38.0 Å². The van der Waals surface area contributed by atoms with E-state index in [-0.39, 0.29) is 17.7 Å². The molecular weight excluding hydrogens is 316 g/mol. The lowest BCUT2D eigenvalue weighted by molar-refractivity contribution is -0.117. The highest BCUT2D eigenvalue weighted by Crippen LogP contribution is 2.43. The minimum Gasteiger partial charge on any atom is -0.371 e. The number of carbonyl (C=O) groups is 2. The van der Waals surface area contributed by atoms with Crippen molar-refractivity contribution in [3.63, 3.8) is 0 Å². The average Bonchev–Trinajstić information content (AvgIpc) is 3.15. The van der Waals surface area contributed by atoms with Crippen molar-refractivity contribution in [2.45, 2.75) is 38.0 Å². The summed E-state index contributed by atoms with van der Waals surface area (Å²) in [4.78, 5) is 26.6. The van der Waals surface area contributed by atoms with Gasteiger partial charge in [-0.2, -0.15) is 0 Å². The summed E-state index contributed by atoms with van der Waals surface area (Å²) in [7, 11) is 0. The Morgan fingerprint density at radius 2 is 1.88 bits per heavy atom. The second-order valence-electron chi connectivity index (χ2n) is 7.46. The summed E-state index contributed by atoms with van der Waals surface area (Å²) in [5.74, 6) is 0.349. The van der Waals surface area contributed by atoms with Crippen molar-refractivity contribution in [1.29, 1.82) is 0 Å². The number of rotatable bonds is 3. The summed E-state index contributed by atoms with van der Waals surface area (Å²) in [6, 6.07) is 3.93. The maximum Gasteiger partial charge on any atom is 0.250 e. The van der Waals surface area contributed by atoms with Gasteiger partial charge in [-0.1, -0.05) is 0 Å². The lowest BCUT2D eigenvalue weighted by Gasteiger charge is -2.35. The molecule has 2 amide bonds. The molecule has 0 bridgehead atoms. The van der Waals surface area contributed by atoms with E-state index in [0.29, 0.717) is 17.9 Å². The van der Waals surface area contributed by atoms with E-state index in [0.717, 1.165) is 68.8 Å². The molecule has 25 heavy (non-hydrogen) atoms. The lowest BCUT2D eigenvalue weighted by Crippen LogP contribution is -2.35. The fraction of sp³-hybridized carbons (Fsp3) is 0.579. The molecule has 0 aromatic heterocycles. The van der Waals surface area contributed by atoms with Crippen LogP contribution >= 0.6 is 0 Å². The second-order valence-corrected chi connectivity index (χ2v) is 7.46. The van der Waals surface area contributed by atoms with Gasteiger partial charge >= 0.3 is 0 Å². The number of amides is 2. The molecular formula is C19H26N4O2. The van der Waals surface area contributed by atoms with Gasteiger partial charge in [0.2, 0.25) is 5.91 Å². The summed E-state index contributed by atoms with van der Waals surface area (Å²) in [6.07, 6.45) is 4.88. The van der Waals surface area contributed by atoms with Crippen LogP contribution in [-0.2, 0) is 4.79 Å². The molecule has 1 aromatic carbocycles. The van der Waals surface area contributed by atoms with Gasteiger partial charge in [-0.15, -0.1) is 0 Å². The first kappa shape index (κ1) is 16.4. The van der Waals surface area contributed by atoms with Crippen molar-refractivity contribution < 1.29 is 9.59 Å². The molecule has 3 aliphatic heterocycles. The van der Waals surface area contributed by atoms with Crippen molar-refractivity contribution in [2.24, 2.45) is 11.7 Å². The molecule has 6 nitrogen and oxygen atoms in total. The molecule has 2 fully saturated rings. The van der Waals surface area contributed by atoms with Crippen LogP contribution in [0.3, 0.4) is 0 Å². The summed E-state index contributed by atoms with van der Waals surface area (Å²) >= 11 is 0. The Balaban J connectivity index is 1.76. The van der Waals surface area contributed by atoms with E-state index in [1.165, 1.54) is 0 Å². The Kier molecular flexibility index (Phi) is 4.37. The smallest absolute Gasteiger partial charge is 0.250 e. The summed E-state index contributed by atoms with van der Waals surface area (Å²) in [5.41, 5.74) is 9.12. The highest BCUT2D eigenvalue weighted by molar-refractivity contribution is 6.02. The molecule has 1 aromatic rings. The van der Waals surface area contributed by atoms with Crippen LogP contribution in [0.15, 0.2) is 12.1 Å². The lowest BCUT2D eigenvalue weighted by atomic mass is 9.75. The van der Waals surface area contributed by atoms with Gasteiger partial charge in [0.05, 0.1) is 11.3 Å². The standard InChI is InChI=1S/C19H26N4O2/c20-19(25)15-9-14-13(12-3-5-21-6-4-12)10-18(24)22-16(14)11-17(15)23-7-1-2-8-23/h9,11-13,21H,1-8,10H2,(H2,20,25)(H,22,24)/t13-/m0/s1. The summed E-state index contributed by atoms with van der Waals surface area (Å²) in [5, 5.41) is 6.41. The SMILES string of the molecule is NC(=O)c1cc2c(cc1N1CCCC1)NC(=O)C[C@H]2C1CCNCC1. The molecule has 4 rings (SSSR count). The number of benzene rings is 1. The first-order chi connectivity index (χ1) is 12.1. The molecule has 4 N–H and O–H groups in total. The fourth-order valence-electron chi connectivity index (χ4n) is 4.62. The summed E-state index contributed by atoms with van der Waals surface area (Å²) < 4.78 is 0. The number of nitrogens with one attached hydrogen (secondary N) is 2. The van der Waals surface area contributed by atoms with Gasteiger partial charge in [0.25, 0.3) is 5.91 Å². The van der Waals surface area contributed by atoms with Crippen LogP contribution in [0.5, 0.6) is 0 Å². The topological polar surface area (TPSA) is 87.5 Å². The van der Waals surface area contributed by atoms with Gasteiger partial charge < -0.3 is 21.3 Å². The Morgan fingerprint density at radius 3 is 2.56 bits per heavy atom. The van der Waals surface area contributed by atoms with Gasteiger partial charge in [0, 0.05) is 25.2 Å². The maximum atomic E-state index is 12.3. The van der Waals surface area contributed by atoms with E-state index in [1.807, 2.05) is 12.1 Å². The molecule has 0 radical (unpaired) electrons. The minimum atomic E-state index is -0.384. The molecule has 2 saturated heterocycles. The van der Waals surface area contributed by atoms with Crippen molar-refractivity contribution in [3.05, 3.63) is 23.3 Å². The van der Waals surface area contributed by atoms with Crippen LogP contribution in [0.25, 0.3) is 0 Å². The Labute approximate surface area is 148 Å². The summed E-state index contributed by atoms with van der Waals surface area (Å²) in [6.45, 7) is 3.86. The van der Waals surface area contributed by atoms with Crippen molar-refractivity contribution in [3.8, 4) is 0 Å². The first-order valence-electron chi connectivity index (χ1n) is 9.37. The number of fused-ring (bicyclic) bond motifs is 1. The van der Waals surface area contributed by atoms with Crippen LogP contribution in [0.4, 0.5) is 11.4 Å². The first-order valence-corrected chi connectivity index (χ1v) is 9.37. The number of piperidine rings is 1. The number of primary amides is 1. The van der Waals surface area contributed by atoms with Crippen LogP contribution in [0, 0.1) is 5.92 Å². The largest absolute Gasteiger partial charge is 0.371 e. The average molecular weight is 342 g/mol. The van der Waals surface area contributed by atoms with E-state index in [4.69, 9.17) is 5.73 Å². The van der Waals surface area contributed by atoms with E-state index in [2.05, 4.69) is 15.5 Å². The zero-order valence-electron chi connectivity index (χ0n) is 14.5. The van der Waals surface area contributed by atoms with Gasteiger partial charge in [-0.25, -0.2) is 0 Å². The zero-order valence-corrected chi connectivity index (χ0v) is 14.5. The zero-order chi connectivity index (χ0) is 17.4. The molecule has 3 aliphatic rings. The molecule has 3 heterocycles. The molecule has 6 heteroatoms. The highest BCUT2D eigenvalue weighted by atomic mass is 16.2. The quantitative estimate of drug-likeness (QED) is 0.782. The third kappa shape index (κ3) is 3.11. The Bertz CT molecular complexity index is 691. The number of nitrogens with two attached hydrogens (primary N) is 1.